The van der Waals surface area contributed by atoms with Gasteiger partial charge in [-0.05, 0) is 19.5 Å². The van der Waals surface area contributed by atoms with Gasteiger partial charge >= 0.3 is 0 Å². The van der Waals surface area contributed by atoms with Crippen LogP contribution in [-0.4, -0.2) is 54.4 Å². The summed E-state index contributed by atoms with van der Waals surface area (Å²) in [6, 6.07) is 0. The summed E-state index contributed by atoms with van der Waals surface area (Å²) in [5, 5.41) is 2.63. The van der Waals surface area contributed by atoms with Gasteiger partial charge in [-0.15, -0.1) is 0 Å². The van der Waals surface area contributed by atoms with E-state index in [0.717, 1.165) is 37.9 Å². The SMILES string of the molecule is CCCCCCCC(=O)NC1=NC(=O)C2=C(CN(CC)CC)C=NC2=N1. The van der Waals surface area contributed by atoms with Gasteiger partial charge in [0.2, 0.25) is 11.9 Å². The number of likely N-dealkylation sites (N-methyl/N-ethyl adjacent to an activating group) is 1. The molecule has 26 heavy (non-hydrogen) atoms. The van der Waals surface area contributed by atoms with E-state index in [1.165, 1.54) is 12.8 Å². The lowest BCUT2D eigenvalue weighted by atomic mass is 10.1. The van der Waals surface area contributed by atoms with Crippen LogP contribution in [0.5, 0.6) is 0 Å². The van der Waals surface area contributed by atoms with Crippen LogP contribution in [0.1, 0.15) is 59.3 Å². The summed E-state index contributed by atoms with van der Waals surface area (Å²) in [6.07, 6.45) is 7.48. The van der Waals surface area contributed by atoms with Crippen molar-refractivity contribution in [1.29, 1.82) is 0 Å². The number of fused-ring (bicyclic) bond motifs is 1. The molecule has 0 atom stereocenters. The molecule has 142 valence electrons. The second kappa shape index (κ2) is 10.1. The van der Waals surface area contributed by atoms with Crippen LogP contribution in [0.3, 0.4) is 0 Å². The highest BCUT2D eigenvalue weighted by Crippen LogP contribution is 2.19. The molecule has 1 N–H and O–H groups in total. The van der Waals surface area contributed by atoms with Crippen LogP contribution in [0.25, 0.3) is 0 Å². The zero-order valence-electron chi connectivity index (χ0n) is 16.0. The van der Waals surface area contributed by atoms with E-state index in [1.807, 2.05) is 0 Å². The highest BCUT2D eigenvalue weighted by Gasteiger charge is 2.29. The minimum Gasteiger partial charge on any atom is -0.300 e. The van der Waals surface area contributed by atoms with Gasteiger partial charge in [-0.25, -0.2) is 4.99 Å². The standard InChI is InChI=1S/C19H29N5O2/c1-4-7-8-9-10-11-15(25)21-19-22-17-16(18(26)23-19)14(12-20-17)13-24(5-2)6-3/h12H,4-11,13H2,1-3H3,(H,21,23,25,26). The Morgan fingerprint density at radius 1 is 1.08 bits per heavy atom. The molecule has 7 nitrogen and oxygen atoms in total. The Kier molecular flexibility index (Phi) is 7.84. The first kappa shape index (κ1) is 20.2. The number of nitrogens with one attached hydrogen (secondary N) is 1. The molecule has 0 aromatic heterocycles. The molecule has 0 fully saturated rings. The van der Waals surface area contributed by atoms with Gasteiger partial charge in [0.25, 0.3) is 5.91 Å². The largest absolute Gasteiger partial charge is 0.300 e. The topological polar surface area (TPSA) is 86.5 Å². The van der Waals surface area contributed by atoms with Gasteiger partial charge in [0.15, 0.2) is 5.84 Å². The lowest BCUT2D eigenvalue weighted by Gasteiger charge is -2.18. The first-order valence-corrected chi connectivity index (χ1v) is 9.60. The summed E-state index contributed by atoms with van der Waals surface area (Å²) in [4.78, 5) is 39.0. The number of aliphatic imine (C=N–C) groups is 3. The number of hydrogen-bond donors (Lipinski definition) is 1. The van der Waals surface area contributed by atoms with Gasteiger partial charge in [0.1, 0.15) is 0 Å². The Morgan fingerprint density at radius 3 is 2.50 bits per heavy atom. The van der Waals surface area contributed by atoms with Crippen LogP contribution >= 0.6 is 0 Å². The van der Waals surface area contributed by atoms with E-state index in [0.29, 0.717) is 24.4 Å². The van der Waals surface area contributed by atoms with Crippen molar-refractivity contribution in [2.45, 2.75) is 59.3 Å². The third-order valence-corrected chi connectivity index (χ3v) is 4.57. The third kappa shape index (κ3) is 5.42. The average Bonchev–Trinajstić information content (AvgIpc) is 3.02. The molecule has 0 saturated carbocycles. The number of amides is 2. The molecule has 7 heteroatoms. The van der Waals surface area contributed by atoms with Crippen LogP contribution in [0.15, 0.2) is 26.1 Å². The molecule has 0 aromatic carbocycles. The fourth-order valence-corrected chi connectivity index (χ4v) is 2.95. The maximum absolute atomic E-state index is 12.4. The van der Waals surface area contributed by atoms with Gasteiger partial charge in [-0.3, -0.25) is 19.8 Å². The maximum Gasteiger partial charge on any atom is 0.284 e. The van der Waals surface area contributed by atoms with E-state index in [4.69, 9.17) is 0 Å². The molecule has 0 aromatic rings. The third-order valence-electron chi connectivity index (χ3n) is 4.57. The molecule has 2 heterocycles. The van der Waals surface area contributed by atoms with Crippen LogP contribution < -0.4 is 5.32 Å². The fourth-order valence-electron chi connectivity index (χ4n) is 2.95. The van der Waals surface area contributed by atoms with Crippen molar-refractivity contribution >= 4 is 29.8 Å². The Morgan fingerprint density at radius 2 is 1.81 bits per heavy atom. The van der Waals surface area contributed by atoms with Crippen molar-refractivity contribution in [2.75, 3.05) is 19.6 Å². The summed E-state index contributed by atoms with van der Waals surface area (Å²) < 4.78 is 0. The van der Waals surface area contributed by atoms with Crippen molar-refractivity contribution in [3.63, 3.8) is 0 Å². The number of nitrogens with zero attached hydrogens (tertiary/aromatic N) is 4. The van der Waals surface area contributed by atoms with Crippen LogP contribution in [-0.2, 0) is 9.59 Å². The molecule has 0 radical (unpaired) electrons. The van der Waals surface area contributed by atoms with Crippen molar-refractivity contribution in [3.8, 4) is 0 Å². The molecule has 0 aliphatic carbocycles. The summed E-state index contributed by atoms with van der Waals surface area (Å²) in [5.41, 5.74) is 1.29. The molecule has 2 amide bonds. The smallest absolute Gasteiger partial charge is 0.284 e. The van der Waals surface area contributed by atoms with E-state index in [-0.39, 0.29) is 17.8 Å². The quantitative estimate of drug-likeness (QED) is 0.608. The Hall–Kier alpha value is -2.15. The second-order valence-corrected chi connectivity index (χ2v) is 6.51. The van der Waals surface area contributed by atoms with E-state index >= 15 is 0 Å². The monoisotopic (exact) mass is 359 g/mol. The fraction of sp³-hybridized carbons (Fsp3) is 0.632. The number of guanidine groups is 1. The van der Waals surface area contributed by atoms with Crippen molar-refractivity contribution in [1.82, 2.24) is 10.2 Å². The predicted molar refractivity (Wildman–Crippen MR) is 105 cm³/mol. The maximum atomic E-state index is 12.4. The van der Waals surface area contributed by atoms with Gasteiger partial charge in [0.05, 0.1) is 5.57 Å². The molecular formula is C19H29N5O2. The highest BCUT2D eigenvalue weighted by molar-refractivity contribution is 6.34. The predicted octanol–water partition coefficient (Wildman–Crippen LogP) is 2.48. The Balaban J connectivity index is 1.93. The summed E-state index contributed by atoms with van der Waals surface area (Å²) in [7, 11) is 0. The van der Waals surface area contributed by atoms with Gasteiger partial charge in [0, 0.05) is 24.8 Å². The van der Waals surface area contributed by atoms with Gasteiger partial charge in [-0.2, -0.15) is 9.98 Å². The summed E-state index contributed by atoms with van der Waals surface area (Å²) in [5.74, 6) is -0.137. The second-order valence-electron chi connectivity index (χ2n) is 6.51. The lowest BCUT2D eigenvalue weighted by molar-refractivity contribution is -0.119. The zero-order chi connectivity index (χ0) is 18.9. The number of unbranched alkanes of at least 4 members (excludes halogenated alkanes) is 4. The van der Waals surface area contributed by atoms with E-state index in [1.54, 1.807) is 6.21 Å². The molecule has 2 rings (SSSR count). The first-order chi connectivity index (χ1) is 12.6. The number of carbonyl (C=O) groups excluding carboxylic acids is 2. The van der Waals surface area contributed by atoms with Crippen molar-refractivity contribution in [2.24, 2.45) is 15.0 Å². The molecule has 2 aliphatic heterocycles. The highest BCUT2D eigenvalue weighted by atomic mass is 16.2. The van der Waals surface area contributed by atoms with Crippen LogP contribution in [0, 0.1) is 0 Å². The molecule has 2 aliphatic rings. The molecule has 0 spiro atoms. The molecule has 0 saturated heterocycles. The van der Waals surface area contributed by atoms with E-state index in [9.17, 15) is 9.59 Å². The summed E-state index contributed by atoms with van der Waals surface area (Å²) >= 11 is 0. The normalized spacial score (nSPS) is 16.1. The lowest BCUT2D eigenvalue weighted by Crippen LogP contribution is -2.33. The Labute approximate surface area is 155 Å². The van der Waals surface area contributed by atoms with Crippen molar-refractivity contribution < 1.29 is 9.59 Å². The van der Waals surface area contributed by atoms with Crippen LogP contribution in [0.4, 0.5) is 0 Å². The molecular weight excluding hydrogens is 330 g/mol. The first-order valence-electron chi connectivity index (χ1n) is 9.60. The minimum atomic E-state index is -0.382. The molecule has 0 bridgehead atoms. The van der Waals surface area contributed by atoms with Gasteiger partial charge < -0.3 is 0 Å². The number of rotatable bonds is 10. The number of amidine groups is 1. The number of carbonyl (C=O) groups is 2. The van der Waals surface area contributed by atoms with E-state index < -0.39 is 0 Å². The van der Waals surface area contributed by atoms with E-state index in [2.05, 4.69) is 46.0 Å². The van der Waals surface area contributed by atoms with Crippen molar-refractivity contribution in [3.05, 3.63) is 11.1 Å². The number of hydrogen-bond acceptors (Lipinski definition) is 5. The molecule has 0 unspecified atom stereocenters. The van der Waals surface area contributed by atoms with Crippen LogP contribution in [0.2, 0.25) is 0 Å². The Bertz CT molecular complexity index is 657. The van der Waals surface area contributed by atoms with Gasteiger partial charge in [-0.1, -0.05) is 46.5 Å². The summed E-state index contributed by atoms with van der Waals surface area (Å²) in [6.45, 7) is 8.74. The zero-order valence-corrected chi connectivity index (χ0v) is 16.0. The minimum absolute atomic E-state index is 0.0496. The average molecular weight is 359 g/mol.